The van der Waals surface area contributed by atoms with E-state index in [4.69, 9.17) is 4.74 Å². The second-order valence-electron chi connectivity index (χ2n) is 3.43. The summed E-state index contributed by atoms with van der Waals surface area (Å²) in [7, 11) is 0. The second kappa shape index (κ2) is 2.91. The Hall–Kier alpha value is -0.410. The molecule has 62 valence electrons. The van der Waals surface area contributed by atoms with Crippen molar-refractivity contribution >= 4 is 5.78 Å². The van der Waals surface area contributed by atoms with Crippen LogP contribution < -0.4 is 5.32 Å². The molecule has 0 radical (unpaired) electrons. The number of ether oxygens (including phenoxy) is 1. The summed E-state index contributed by atoms with van der Waals surface area (Å²) in [4.78, 5) is 10.6. The average molecular weight is 155 g/mol. The lowest BCUT2D eigenvalue weighted by atomic mass is 9.85. The molecule has 3 nitrogen and oxygen atoms in total. The molecule has 1 aliphatic carbocycles. The van der Waals surface area contributed by atoms with E-state index in [-0.39, 0.29) is 0 Å². The van der Waals surface area contributed by atoms with Gasteiger partial charge < -0.3 is 10.1 Å². The van der Waals surface area contributed by atoms with Crippen LogP contribution in [0.1, 0.15) is 12.8 Å². The zero-order valence-corrected chi connectivity index (χ0v) is 6.51. The number of Topliss-reactive ketones (excluding diaryl/α,β-unsaturated/α-hetero) is 1. The van der Waals surface area contributed by atoms with Crippen molar-refractivity contribution < 1.29 is 9.53 Å². The van der Waals surface area contributed by atoms with Gasteiger partial charge in [0.05, 0.1) is 12.7 Å². The van der Waals surface area contributed by atoms with Crippen molar-refractivity contribution in [1.29, 1.82) is 0 Å². The SMILES string of the molecule is O=C1CC(COC2CNC2)C1. The van der Waals surface area contributed by atoms with Gasteiger partial charge in [-0.15, -0.1) is 0 Å². The molecule has 1 heterocycles. The van der Waals surface area contributed by atoms with E-state index in [0.29, 0.717) is 17.8 Å². The highest BCUT2D eigenvalue weighted by atomic mass is 16.5. The molecule has 2 aliphatic rings. The van der Waals surface area contributed by atoms with Gasteiger partial charge in [0, 0.05) is 25.9 Å². The van der Waals surface area contributed by atoms with Crippen molar-refractivity contribution in [3.63, 3.8) is 0 Å². The number of hydrogen-bond donors (Lipinski definition) is 1. The van der Waals surface area contributed by atoms with E-state index in [1.165, 1.54) is 0 Å². The van der Waals surface area contributed by atoms with Gasteiger partial charge in [-0.1, -0.05) is 0 Å². The van der Waals surface area contributed by atoms with Gasteiger partial charge in [-0.3, -0.25) is 4.79 Å². The first-order valence-electron chi connectivity index (χ1n) is 4.18. The second-order valence-corrected chi connectivity index (χ2v) is 3.43. The normalized spacial score (nSPS) is 26.4. The minimum atomic E-state index is 0.394. The Morgan fingerprint density at radius 3 is 2.64 bits per heavy atom. The topological polar surface area (TPSA) is 38.3 Å². The Bertz CT molecular complexity index is 157. The van der Waals surface area contributed by atoms with Crippen LogP contribution in [-0.4, -0.2) is 31.6 Å². The fraction of sp³-hybridized carbons (Fsp3) is 0.875. The fourth-order valence-corrected chi connectivity index (χ4v) is 1.35. The highest BCUT2D eigenvalue weighted by Crippen LogP contribution is 2.23. The third-order valence-electron chi connectivity index (χ3n) is 2.34. The molecule has 1 saturated heterocycles. The summed E-state index contributed by atoms with van der Waals surface area (Å²) in [5, 5.41) is 3.14. The number of ketones is 1. The van der Waals surface area contributed by atoms with Crippen LogP contribution in [0.4, 0.5) is 0 Å². The molecular weight excluding hydrogens is 142 g/mol. The zero-order valence-electron chi connectivity index (χ0n) is 6.51. The molecule has 11 heavy (non-hydrogen) atoms. The van der Waals surface area contributed by atoms with Crippen molar-refractivity contribution in [3.8, 4) is 0 Å². The van der Waals surface area contributed by atoms with E-state index >= 15 is 0 Å². The number of carbonyl (C=O) groups excluding carboxylic acids is 1. The predicted molar refractivity (Wildman–Crippen MR) is 40.3 cm³/mol. The van der Waals surface area contributed by atoms with Crippen LogP contribution in [0.5, 0.6) is 0 Å². The first-order valence-corrected chi connectivity index (χ1v) is 4.18. The molecule has 0 atom stereocenters. The average Bonchev–Trinajstić information content (AvgIpc) is 1.80. The Morgan fingerprint density at radius 1 is 1.45 bits per heavy atom. The van der Waals surface area contributed by atoms with E-state index in [2.05, 4.69) is 5.32 Å². The van der Waals surface area contributed by atoms with Crippen molar-refractivity contribution in [3.05, 3.63) is 0 Å². The highest BCUT2D eigenvalue weighted by Gasteiger charge is 2.28. The van der Waals surface area contributed by atoms with Gasteiger partial charge in [0.15, 0.2) is 0 Å². The van der Waals surface area contributed by atoms with E-state index in [0.717, 1.165) is 32.5 Å². The third-order valence-corrected chi connectivity index (χ3v) is 2.34. The summed E-state index contributed by atoms with van der Waals surface area (Å²) in [6, 6.07) is 0. The Morgan fingerprint density at radius 2 is 2.18 bits per heavy atom. The number of nitrogens with one attached hydrogen (secondary N) is 1. The van der Waals surface area contributed by atoms with Gasteiger partial charge in [0.1, 0.15) is 5.78 Å². The monoisotopic (exact) mass is 155 g/mol. The van der Waals surface area contributed by atoms with Crippen LogP contribution >= 0.6 is 0 Å². The van der Waals surface area contributed by atoms with Crippen LogP contribution in [-0.2, 0) is 9.53 Å². The molecule has 0 aromatic carbocycles. The lowest BCUT2D eigenvalue weighted by molar-refractivity contribution is -0.130. The molecule has 2 rings (SSSR count). The van der Waals surface area contributed by atoms with Crippen LogP contribution in [0.2, 0.25) is 0 Å². The first-order chi connectivity index (χ1) is 5.34. The Kier molecular flexibility index (Phi) is 1.92. The quantitative estimate of drug-likeness (QED) is 0.621. The predicted octanol–water partition coefficient (Wildman–Crippen LogP) is -0.0461. The van der Waals surface area contributed by atoms with Crippen LogP contribution in [0.15, 0.2) is 0 Å². The zero-order chi connectivity index (χ0) is 7.68. The molecule has 1 saturated carbocycles. The minimum absolute atomic E-state index is 0.394. The molecule has 0 bridgehead atoms. The molecule has 0 aromatic heterocycles. The van der Waals surface area contributed by atoms with E-state index in [1.54, 1.807) is 0 Å². The maximum absolute atomic E-state index is 10.6. The molecular formula is C8H13NO2. The summed E-state index contributed by atoms with van der Waals surface area (Å²) in [5.41, 5.74) is 0. The molecule has 0 amide bonds. The van der Waals surface area contributed by atoms with E-state index in [1.807, 2.05) is 0 Å². The highest BCUT2D eigenvalue weighted by molar-refractivity contribution is 5.84. The summed E-state index contributed by atoms with van der Waals surface area (Å²) in [6.07, 6.45) is 1.92. The van der Waals surface area contributed by atoms with Gasteiger partial charge in [0.25, 0.3) is 0 Å². The van der Waals surface area contributed by atoms with Crippen LogP contribution in [0.25, 0.3) is 0 Å². The van der Waals surface area contributed by atoms with Gasteiger partial charge in [0.2, 0.25) is 0 Å². The van der Waals surface area contributed by atoms with Gasteiger partial charge in [-0.2, -0.15) is 0 Å². The van der Waals surface area contributed by atoms with Crippen molar-refractivity contribution in [1.82, 2.24) is 5.32 Å². The number of hydrogen-bond acceptors (Lipinski definition) is 3. The standard InChI is InChI=1S/C8H13NO2/c10-7-1-6(2-7)5-11-8-3-9-4-8/h6,8-9H,1-5H2. The maximum Gasteiger partial charge on any atom is 0.133 e. The summed E-state index contributed by atoms with van der Waals surface area (Å²) in [5.74, 6) is 0.924. The molecule has 1 aliphatic heterocycles. The summed E-state index contributed by atoms with van der Waals surface area (Å²) in [6.45, 7) is 2.76. The fourth-order valence-electron chi connectivity index (χ4n) is 1.35. The molecule has 0 aromatic rings. The van der Waals surface area contributed by atoms with Gasteiger partial charge in [-0.05, 0) is 5.92 Å². The van der Waals surface area contributed by atoms with Crippen LogP contribution in [0.3, 0.4) is 0 Å². The number of carbonyl (C=O) groups is 1. The summed E-state index contributed by atoms with van der Waals surface area (Å²) < 4.78 is 5.52. The molecule has 3 heteroatoms. The summed E-state index contributed by atoms with van der Waals surface area (Å²) >= 11 is 0. The van der Waals surface area contributed by atoms with Crippen molar-refractivity contribution in [2.75, 3.05) is 19.7 Å². The lowest BCUT2D eigenvalue weighted by Crippen LogP contribution is -2.49. The molecule has 0 spiro atoms. The maximum atomic E-state index is 10.6. The van der Waals surface area contributed by atoms with Crippen molar-refractivity contribution in [2.45, 2.75) is 18.9 Å². The minimum Gasteiger partial charge on any atom is -0.375 e. The van der Waals surface area contributed by atoms with Crippen molar-refractivity contribution in [2.24, 2.45) is 5.92 Å². The van der Waals surface area contributed by atoms with E-state index < -0.39 is 0 Å². The molecule has 1 N–H and O–H groups in total. The number of rotatable bonds is 3. The molecule has 2 fully saturated rings. The molecule has 0 unspecified atom stereocenters. The van der Waals surface area contributed by atoms with E-state index in [9.17, 15) is 4.79 Å². The van der Waals surface area contributed by atoms with Gasteiger partial charge in [-0.25, -0.2) is 0 Å². The lowest BCUT2D eigenvalue weighted by Gasteiger charge is -2.31. The van der Waals surface area contributed by atoms with Crippen LogP contribution in [0, 0.1) is 5.92 Å². The Balaban J connectivity index is 1.56. The largest absolute Gasteiger partial charge is 0.375 e. The Labute approximate surface area is 66.1 Å². The third kappa shape index (κ3) is 1.60. The first kappa shape index (κ1) is 7.25. The van der Waals surface area contributed by atoms with Gasteiger partial charge >= 0.3 is 0 Å². The smallest absolute Gasteiger partial charge is 0.133 e.